The predicted octanol–water partition coefficient (Wildman–Crippen LogP) is 4.68. The van der Waals surface area contributed by atoms with Crippen LogP contribution in [0.15, 0.2) is 30.3 Å². The Balaban J connectivity index is 3.03. The van der Waals surface area contributed by atoms with Gasteiger partial charge in [-0.1, -0.05) is 82.5 Å². The Morgan fingerprint density at radius 1 is 1.05 bits per heavy atom. The molecule has 1 aromatic rings. The Morgan fingerprint density at radius 2 is 1.55 bits per heavy atom. The second kappa shape index (κ2) is 5.98. The van der Waals surface area contributed by atoms with Gasteiger partial charge in [0.2, 0.25) is 0 Å². The van der Waals surface area contributed by atoms with E-state index in [0.29, 0.717) is 0 Å². The molecular weight excluding hydrogens is 276 g/mol. The monoisotopic (exact) mass is 306 g/mol. The van der Waals surface area contributed by atoms with Gasteiger partial charge in [0.25, 0.3) is 0 Å². The summed E-state index contributed by atoms with van der Waals surface area (Å²) in [6.07, 6.45) is 1.26. The molecule has 0 aromatic heterocycles. The van der Waals surface area contributed by atoms with Crippen LogP contribution in [0.1, 0.15) is 20.8 Å². The SMILES string of the molecule is CC(C)(C)[Si](C)(C)C(C=O)C[Si](C)(C)c1ccccc1. The standard InChI is InChI=1S/C17H30OSi2/c1-17(2,3)20(6,7)16(13-18)14-19(4,5)15-11-9-8-10-12-15/h8-13,16H,14H2,1-7H3. The molecule has 0 spiro atoms. The van der Waals surface area contributed by atoms with E-state index in [4.69, 9.17) is 0 Å². The van der Waals surface area contributed by atoms with E-state index in [9.17, 15) is 4.79 Å². The molecule has 0 N–H and O–H groups in total. The summed E-state index contributed by atoms with van der Waals surface area (Å²) >= 11 is 0. The lowest BCUT2D eigenvalue weighted by molar-refractivity contribution is -0.107. The molecule has 1 atom stereocenters. The zero-order chi connectivity index (χ0) is 15.6. The fourth-order valence-electron chi connectivity index (χ4n) is 2.59. The molecule has 0 heterocycles. The van der Waals surface area contributed by atoms with Gasteiger partial charge >= 0.3 is 0 Å². The van der Waals surface area contributed by atoms with E-state index in [1.165, 1.54) is 11.5 Å². The van der Waals surface area contributed by atoms with Crippen LogP contribution in [-0.2, 0) is 4.79 Å². The molecule has 1 unspecified atom stereocenters. The molecule has 0 bridgehead atoms. The van der Waals surface area contributed by atoms with E-state index in [2.05, 4.69) is 77.3 Å². The smallest absolute Gasteiger partial charge is 0.120 e. The zero-order valence-corrected chi connectivity index (χ0v) is 16.2. The first-order chi connectivity index (χ1) is 9.02. The Kier molecular flexibility index (Phi) is 5.20. The molecule has 0 aliphatic heterocycles. The predicted molar refractivity (Wildman–Crippen MR) is 95.4 cm³/mol. The summed E-state index contributed by atoms with van der Waals surface area (Å²) in [6, 6.07) is 11.9. The van der Waals surface area contributed by atoms with Crippen LogP contribution < -0.4 is 5.19 Å². The van der Waals surface area contributed by atoms with Crippen molar-refractivity contribution in [2.24, 2.45) is 0 Å². The second-order valence-electron chi connectivity index (χ2n) is 8.17. The first-order valence-corrected chi connectivity index (χ1v) is 13.8. The number of carbonyl (C=O) groups excluding carboxylic acids is 1. The Hall–Kier alpha value is -0.676. The van der Waals surface area contributed by atoms with Gasteiger partial charge in [-0.3, -0.25) is 0 Å². The van der Waals surface area contributed by atoms with Crippen molar-refractivity contribution in [3.8, 4) is 0 Å². The van der Waals surface area contributed by atoms with Crippen LogP contribution in [-0.4, -0.2) is 22.4 Å². The molecule has 0 aliphatic carbocycles. The summed E-state index contributed by atoms with van der Waals surface area (Å²) in [5, 5.41) is 1.73. The van der Waals surface area contributed by atoms with Crippen LogP contribution in [0.2, 0.25) is 42.8 Å². The lowest BCUT2D eigenvalue weighted by Crippen LogP contribution is -2.49. The first-order valence-electron chi connectivity index (χ1n) is 7.53. The van der Waals surface area contributed by atoms with Crippen LogP contribution in [0.25, 0.3) is 0 Å². The molecule has 0 radical (unpaired) electrons. The fraction of sp³-hybridized carbons (Fsp3) is 0.588. The molecule has 20 heavy (non-hydrogen) atoms. The van der Waals surface area contributed by atoms with E-state index >= 15 is 0 Å². The Labute approximate surface area is 126 Å². The third-order valence-electron chi connectivity index (χ3n) is 5.31. The molecule has 1 nitrogen and oxygen atoms in total. The summed E-state index contributed by atoms with van der Waals surface area (Å²) in [6.45, 7) is 16.4. The highest BCUT2D eigenvalue weighted by Gasteiger charge is 2.44. The Bertz CT molecular complexity index is 444. The summed E-state index contributed by atoms with van der Waals surface area (Å²) < 4.78 is 0. The van der Waals surface area contributed by atoms with E-state index in [1.54, 1.807) is 0 Å². The van der Waals surface area contributed by atoms with Gasteiger partial charge in [-0.15, -0.1) is 0 Å². The van der Waals surface area contributed by atoms with Crippen molar-refractivity contribution >= 4 is 27.6 Å². The van der Waals surface area contributed by atoms with Gasteiger partial charge in [0.05, 0.1) is 16.1 Å². The van der Waals surface area contributed by atoms with Gasteiger partial charge in [-0.2, -0.15) is 0 Å². The van der Waals surface area contributed by atoms with Crippen LogP contribution in [0, 0.1) is 0 Å². The maximum Gasteiger partial charge on any atom is 0.120 e. The van der Waals surface area contributed by atoms with Crippen molar-refractivity contribution in [3.63, 3.8) is 0 Å². The topological polar surface area (TPSA) is 17.1 Å². The van der Waals surface area contributed by atoms with Gasteiger partial charge in [0.1, 0.15) is 6.29 Å². The van der Waals surface area contributed by atoms with Crippen LogP contribution in [0.3, 0.4) is 0 Å². The van der Waals surface area contributed by atoms with Gasteiger partial charge in [-0.05, 0) is 11.1 Å². The minimum atomic E-state index is -1.61. The minimum absolute atomic E-state index is 0.254. The van der Waals surface area contributed by atoms with Crippen LogP contribution in [0.4, 0.5) is 0 Å². The van der Waals surface area contributed by atoms with Gasteiger partial charge in [0, 0.05) is 5.54 Å². The zero-order valence-electron chi connectivity index (χ0n) is 14.2. The first kappa shape index (κ1) is 17.4. The summed E-state index contributed by atoms with van der Waals surface area (Å²) in [5.74, 6) is 0. The lowest BCUT2D eigenvalue weighted by Gasteiger charge is -2.43. The van der Waals surface area contributed by atoms with E-state index in [-0.39, 0.29) is 10.6 Å². The highest BCUT2D eigenvalue weighted by atomic mass is 28.3. The van der Waals surface area contributed by atoms with Crippen LogP contribution in [0.5, 0.6) is 0 Å². The van der Waals surface area contributed by atoms with Crippen LogP contribution >= 0.6 is 0 Å². The number of rotatable bonds is 5. The number of aldehydes is 1. The summed E-state index contributed by atoms with van der Waals surface area (Å²) in [4.78, 5) is 11.8. The average Bonchev–Trinajstić information content (AvgIpc) is 2.35. The molecule has 0 fully saturated rings. The molecule has 0 aliphatic rings. The van der Waals surface area contributed by atoms with Crippen molar-refractivity contribution in [1.82, 2.24) is 0 Å². The molecule has 1 aromatic carbocycles. The largest absolute Gasteiger partial charge is 0.303 e. The molecule has 1 rings (SSSR count). The van der Waals surface area contributed by atoms with Gasteiger partial charge < -0.3 is 4.79 Å². The molecular formula is C17H30OSi2. The van der Waals surface area contributed by atoms with E-state index in [1.807, 2.05) is 0 Å². The summed E-state index contributed by atoms with van der Waals surface area (Å²) in [5.41, 5.74) is 0.254. The second-order valence-corrected chi connectivity index (χ2v) is 18.6. The number of hydrogen-bond acceptors (Lipinski definition) is 1. The highest BCUT2D eigenvalue weighted by molar-refractivity contribution is 6.93. The quantitative estimate of drug-likeness (QED) is 0.570. The van der Waals surface area contributed by atoms with Gasteiger partial charge in [-0.25, -0.2) is 0 Å². The van der Waals surface area contributed by atoms with Gasteiger partial charge in [0.15, 0.2) is 0 Å². The van der Waals surface area contributed by atoms with Crippen molar-refractivity contribution in [2.75, 3.05) is 0 Å². The fourth-order valence-corrected chi connectivity index (χ4v) is 10.1. The van der Waals surface area contributed by atoms with E-state index < -0.39 is 16.1 Å². The van der Waals surface area contributed by atoms with Crippen molar-refractivity contribution in [1.29, 1.82) is 0 Å². The minimum Gasteiger partial charge on any atom is -0.303 e. The molecule has 0 saturated carbocycles. The molecule has 3 heteroatoms. The highest BCUT2D eigenvalue weighted by Crippen LogP contribution is 2.45. The lowest BCUT2D eigenvalue weighted by atomic mass is 10.2. The van der Waals surface area contributed by atoms with Crippen molar-refractivity contribution in [3.05, 3.63) is 30.3 Å². The normalized spacial score (nSPS) is 14.9. The Morgan fingerprint density at radius 3 is 1.95 bits per heavy atom. The number of hydrogen-bond donors (Lipinski definition) is 0. The average molecular weight is 307 g/mol. The third kappa shape index (κ3) is 3.70. The number of benzene rings is 1. The molecule has 112 valence electrons. The summed E-state index contributed by atoms with van der Waals surface area (Å²) in [7, 11) is -3.16. The number of carbonyl (C=O) groups is 1. The van der Waals surface area contributed by atoms with Crippen molar-refractivity contribution in [2.45, 2.75) is 63.6 Å². The van der Waals surface area contributed by atoms with E-state index in [0.717, 1.165) is 6.04 Å². The van der Waals surface area contributed by atoms with Crippen molar-refractivity contribution < 1.29 is 4.79 Å². The third-order valence-corrected chi connectivity index (χ3v) is 15.1. The maximum absolute atomic E-state index is 11.8. The maximum atomic E-state index is 11.8. The molecule has 0 amide bonds. The molecule has 0 saturated heterocycles.